The van der Waals surface area contributed by atoms with E-state index in [1.165, 1.54) is 34.9 Å². The first kappa shape index (κ1) is 26.6. The van der Waals surface area contributed by atoms with Gasteiger partial charge in [0.15, 0.2) is 17.2 Å². The van der Waals surface area contributed by atoms with Gasteiger partial charge < -0.3 is 14.8 Å². The molecule has 0 aliphatic rings. The van der Waals surface area contributed by atoms with Crippen molar-refractivity contribution in [2.45, 2.75) is 13.1 Å². The lowest BCUT2D eigenvalue weighted by molar-refractivity contribution is 0.0696. The van der Waals surface area contributed by atoms with Gasteiger partial charge in [0.1, 0.15) is 5.52 Å². The van der Waals surface area contributed by atoms with E-state index >= 15 is 0 Å². The van der Waals surface area contributed by atoms with E-state index in [1.807, 2.05) is 42.5 Å². The van der Waals surface area contributed by atoms with Crippen LogP contribution < -0.4 is 11.1 Å². The summed E-state index contributed by atoms with van der Waals surface area (Å²) in [4.78, 5) is 37.9. The van der Waals surface area contributed by atoms with Crippen LogP contribution in [0.25, 0.3) is 33.0 Å². The molecule has 0 fully saturated rings. The maximum atomic E-state index is 14.1. The van der Waals surface area contributed by atoms with Crippen molar-refractivity contribution in [1.29, 1.82) is 0 Å². The maximum Gasteiger partial charge on any atom is 0.420 e. The number of carboxylic acid groups (broad SMARTS) is 1. The molecule has 0 saturated heterocycles. The largest absolute Gasteiger partial charge is 0.478 e. The average molecular weight is 565 g/mol. The molecule has 0 saturated carbocycles. The molecule has 6 aromatic rings. The minimum absolute atomic E-state index is 0.0718. The van der Waals surface area contributed by atoms with E-state index in [4.69, 9.17) is 9.52 Å². The molecule has 0 unspecified atom stereocenters. The summed E-state index contributed by atoms with van der Waals surface area (Å²) in [5.74, 6) is -4.36. The number of carboxylic acids is 1. The lowest BCUT2D eigenvalue weighted by atomic mass is 10.0. The summed E-state index contributed by atoms with van der Waals surface area (Å²) >= 11 is 0. The third kappa shape index (κ3) is 5.15. The Morgan fingerprint density at radius 2 is 1.52 bits per heavy atom. The second-order valence-corrected chi connectivity index (χ2v) is 9.82. The number of carbonyl (C=O) groups excluding carboxylic acids is 1. The molecule has 9 heteroatoms. The van der Waals surface area contributed by atoms with Gasteiger partial charge in [0.05, 0.1) is 17.7 Å². The Kier molecular flexibility index (Phi) is 6.84. The van der Waals surface area contributed by atoms with Crippen LogP contribution in [0.2, 0.25) is 0 Å². The van der Waals surface area contributed by atoms with E-state index in [9.17, 15) is 23.2 Å². The summed E-state index contributed by atoms with van der Waals surface area (Å²) in [5.41, 5.74) is 2.68. The van der Waals surface area contributed by atoms with Gasteiger partial charge >= 0.3 is 11.7 Å². The Hall–Kier alpha value is -5.57. The maximum absolute atomic E-state index is 14.1. The van der Waals surface area contributed by atoms with E-state index in [0.717, 1.165) is 28.5 Å². The number of rotatable bonds is 7. The standard InChI is InChI=1S/C33H22F2N2O5/c34-27-12-11-24(15-28(27)35)25-14-26(31(38)36-17-19-5-9-22(10-6-19)32(39)40)30-29(16-25)42-33(41)37(30)18-20-7-8-21-3-1-2-4-23(21)13-20/h1-16H,17-18H2,(H,36,38)(H,39,40). The van der Waals surface area contributed by atoms with Crippen LogP contribution in [0.5, 0.6) is 0 Å². The molecule has 42 heavy (non-hydrogen) atoms. The first-order valence-corrected chi connectivity index (χ1v) is 13.0. The number of hydrogen-bond donors (Lipinski definition) is 2. The average Bonchev–Trinajstić information content (AvgIpc) is 3.31. The molecule has 0 spiro atoms. The normalized spacial score (nSPS) is 11.2. The fourth-order valence-corrected chi connectivity index (χ4v) is 4.93. The SMILES string of the molecule is O=C(O)c1ccc(CNC(=O)c2cc(-c3ccc(F)c(F)c3)cc3oc(=O)n(Cc4ccc5ccccc5c4)c23)cc1. The summed E-state index contributed by atoms with van der Waals surface area (Å²) in [5, 5.41) is 14.0. The van der Waals surface area contributed by atoms with Crippen molar-refractivity contribution in [1.82, 2.24) is 9.88 Å². The summed E-state index contributed by atoms with van der Waals surface area (Å²) in [6, 6.07) is 26.0. The van der Waals surface area contributed by atoms with Crippen LogP contribution in [0.1, 0.15) is 31.8 Å². The van der Waals surface area contributed by atoms with Crippen LogP contribution in [-0.2, 0) is 13.1 Å². The van der Waals surface area contributed by atoms with Crippen molar-refractivity contribution in [2.75, 3.05) is 0 Å². The number of amides is 1. The third-order valence-corrected chi connectivity index (χ3v) is 7.07. The highest BCUT2D eigenvalue weighted by molar-refractivity contribution is 6.06. The Balaban J connectivity index is 1.42. The molecule has 1 amide bonds. The molecule has 0 aliphatic carbocycles. The number of fused-ring (bicyclic) bond motifs is 2. The molecule has 0 atom stereocenters. The van der Waals surface area contributed by atoms with Crippen molar-refractivity contribution < 1.29 is 27.9 Å². The number of aromatic carboxylic acids is 1. The van der Waals surface area contributed by atoms with Crippen molar-refractivity contribution in [3.63, 3.8) is 0 Å². The van der Waals surface area contributed by atoms with Gasteiger partial charge in [0, 0.05) is 6.54 Å². The summed E-state index contributed by atoms with van der Waals surface area (Å²) in [7, 11) is 0. The van der Waals surface area contributed by atoms with Gasteiger partial charge in [-0.2, -0.15) is 0 Å². The molecule has 208 valence electrons. The molecule has 0 aliphatic heterocycles. The first-order valence-electron chi connectivity index (χ1n) is 13.0. The van der Waals surface area contributed by atoms with E-state index in [0.29, 0.717) is 16.7 Å². The third-order valence-electron chi connectivity index (χ3n) is 7.07. The molecule has 5 aromatic carbocycles. The van der Waals surface area contributed by atoms with Crippen LogP contribution in [0.15, 0.2) is 106 Å². The molecule has 6 rings (SSSR count). The Bertz CT molecular complexity index is 2060. The topological polar surface area (TPSA) is 102 Å². The van der Waals surface area contributed by atoms with Gasteiger partial charge in [-0.25, -0.2) is 18.4 Å². The molecule has 7 nitrogen and oxygen atoms in total. The minimum Gasteiger partial charge on any atom is -0.478 e. The van der Waals surface area contributed by atoms with Crippen molar-refractivity contribution in [2.24, 2.45) is 0 Å². The van der Waals surface area contributed by atoms with Gasteiger partial charge in [-0.15, -0.1) is 0 Å². The highest BCUT2D eigenvalue weighted by Gasteiger charge is 2.21. The van der Waals surface area contributed by atoms with Crippen LogP contribution >= 0.6 is 0 Å². The fourth-order valence-electron chi connectivity index (χ4n) is 4.93. The summed E-state index contributed by atoms with van der Waals surface area (Å²) in [6.07, 6.45) is 0. The molecule has 2 N–H and O–H groups in total. The second kappa shape index (κ2) is 10.8. The Morgan fingerprint density at radius 1 is 0.786 bits per heavy atom. The number of aromatic nitrogens is 1. The van der Waals surface area contributed by atoms with Gasteiger partial charge in [0.2, 0.25) is 0 Å². The van der Waals surface area contributed by atoms with Crippen LogP contribution in [0.3, 0.4) is 0 Å². The molecular formula is C33H22F2N2O5. The number of nitrogens with zero attached hydrogens (tertiary/aromatic N) is 1. The lowest BCUT2D eigenvalue weighted by Gasteiger charge is -2.12. The number of benzene rings is 5. The van der Waals surface area contributed by atoms with Crippen LogP contribution in [0.4, 0.5) is 8.78 Å². The van der Waals surface area contributed by atoms with Crippen LogP contribution in [0, 0.1) is 11.6 Å². The monoisotopic (exact) mass is 564 g/mol. The lowest BCUT2D eigenvalue weighted by Crippen LogP contribution is -2.24. The highest BCUT2D eigenvalue weighted by atomic mass is 19.2. The predicted molar refractivity (Wildman–Crippen MR) is 153 cm³/mol. The molecule has 1 heterocycles. The number of halogens is 2. The van der Waals surface area contributed by atoms with Crippen molar-refractivity contribution in [3.05, 3.63) is 142 Å². The van der Waals surface area contributed by atoms with Gasteiger partial charge in [-0.05, 0) is 75.5 Å². The quantitative estimate of drug-likeness (QED) is 0.235. The number of carbonyl (C=O) groups is 2. The van der Waals surface area contributed by atoms with Crippen molar-refractivity contribution >= 4 is 33.7 Å². The highest BCUT2D eigenvalue weighted by Crippen LogP contribution is 2.29. The van der Waals surface area contributed by atoms with Gasteiger partial charge in [0.25, 0.3) is 5.91 Å². The zero-order valence-corrected chi connectivity index (χ0v) is 21.9. The van der Waals surface area contributed by atoms with Crippen LogP contribution in [-0.4, -0.2) is 21.6 Å². The molecule has 0 bridgehead atoms. The van der Waals surface area contributed by atoms with Gasteiger partial charge in [-0.3, -0.25) is 9.36 Å². The van der Waals surface area contributed by atoms with E-state index in [2.05, 4.69) is 5.32 Å². The molecular weight excluding hydrogens is 542 g/mol. The van der Waals surface area contributed by atoms with Crippen molar-refractivity contribution in [3.8, 4) is 11.1 Å². The number of oxazole rings is 1. The first-order chi connectivity index (χ1) is 20.3. The predicted octanol–water partition coefficient (Wildman–Crippen LogP) is 6.37. The summed E-state index contributed by atoms with van der Waals surface area (Å²) in [6.45, 7) is 0.195. The van der Waals surface area contributed by atoms with Gasteiger partial charge in [-0.1, -0.05) is 54.6 Å². The number of hydrogen-bond acceptors (Lipinski definition) is 4. The molecule has 1 aromatic heterocycles. The smallest absolute Gasteiger partial charge is 0.420 e. The zero-order valence-electron chi connectivity index (χ0n) is 21.9. The number of nitrogens with one attached hydrogen (secondary N) is 1. The Morgan fingerprint density at radius 3 is 2.26 bits per heavy atom. The minimum atomic E-state index is -1.06. The Labute approximate surface area is 237 Å². The fraction of sp³-hybridized carbons (Fsp3) is 0.0606. The molecule has 0 radical (unpaired) electrons. The second-order valence-electron chi connectivity index (χ2n) is 9.82. The summed E-state index contributed by atoms with van der Waals surface area (Å²) < 4.78 is 34.6. The van der Waals surface area contributed by atoms with E-state index < -0.39 is 29.3 Å². The van der Waals surface area contributed by atoms with E-state index in [1.54, 1.807) is 12.1 Å². The van der Waals surface area contributed by atoms with E-state index in [-0.39, 0.29) is 35.3 Å². The zero-order chi connectivity index (χ0) is 29.4.